The highest BCUT2D eigenvalue weighted by atomic mass is 35.5. The van der Waals surface area contributed by atoms with E-state index >= 15 is 0 Å². The lowest BCUT2D eigenvalue weighted by atomic mass is 9.73. The van der Waals surface area contributed by atoms with Crippen LogP contribution in [-0.2, 0) is 10.2 Å². The molecule has 0 atom stereocenters. The standard InChI is InChI=1S/C26H30ClN5O3/c1-16-29-22-12-19(15-28-23(22)32(16)18-13-25(2,34)14-18)35-10-9-31-7-5-26(6-8-31)20-11-17(27)3-4-21(20)30-24(26)33/h3-4,11-12,15,18,34H,5-10,13-14H2,1-2H3,(H,30,33)/t18-,25+. The number of pyridine rings is 1. The van der Waals surface area contributed by atoms with E-state index in [4.69, 9.17) is 16.3 Å². The Morgan fingerprint density at radius 2 is 2.03 bits per heavy atom. The van der Waals surface area contributed by atoms with Crippen LogP contribution in [0.15, 0.2) is 30.5 Å². The van der Waals surface area contributed by atoms with Gasteiger partial charge in [0.15, 0.2) is 5.65 Å². The van der Waals surface area contributed by atoms with Crippen LogP contribution in [0.3, 0.4) is 0 Å². The van der Waals surface area contributed by atoms with Crippen molar-refractivity contribution in [1.82, 2.24) is 19.4 Å². The summed E-state index contributed by atoms with van der Waals surface area (Å²) in [6, 6.07) is 7.84. The van der Waals surface area contributed by atoms with Gasteiger partial charge in [-0.05, 0) is 76.4 Å². The minimum Gasteiger partial charge on any atom is -0.491 e. The van der Waals surface area contributed by atoms with Crippen molar-refractivity contribution in [2.45, 2.75) is 56.6 Å². The number of anilines is 1. The summed E-state index contributed by atoms with van der Waals surface area (Å²) in [5.41, 5.74) is 2.51. The monoisotopic (exact) mass is 495 g/mol. The van der Waals surface area contributed by atoms with Crippen LogP contribution in [0.4, 0.5) is 5.69 Å². The fraction of sp³-hybridized carbons (Fsp3) is 0.500. The second kappa shape index (κ2) is 8.18. The molecule has 3 aromatic rings. The number of nitrogens with zero attached hydrogens (tertiary/aromatic N) is 4. The molecule has 4 heterocycles. The van der Waals surface area contributed by atoms with Gasteiger partial charge in [0, 0.05) is 29.4 Å². The van der Waals surface area contributed by atoms with Gasteiger partial charge in [-0.1, -0.05) is 11.6 Å². The van der Waals surface area contributed by atoms with E-state index in [1.807, 2.05) is 38.1 Å². The molecule has 2 fully saturated rings. The fourth-order valence-corrected chi connectivity index (χ4v) is 6.24. The largest absolute Gasteiger partial charge is 0.491 e. The number of halogens is 1. The van der Waals surface area contributed by atoms with E-state index < -0.39 is 11.0 Å². The maximum atomic E-state index is 12.8. The first kappa shape index (κ1) is 22.8. The third-order valence-electron chi connectivity index (χ3n) is 7.96. The van der Waals surface area contributed by atoms with E-state index in [9.17, 15) is 9.90 Å². The zero-order valence-electron chi connectivity index (χ0n) is 20.1. The second-order valence-corrected chi connectivity index (χ2v) is 11.0. The summed E-state index contributed by atoms with van der Waals surface area (Å²) in [6.07, 6.45) is 4.73. The SMILES string of the molecule is Cc1nc2cc(OCCN3CCC4(CC3)C(=O)Nc3ccc(Cl)cc34)cnc2n1[C@H]1C[C@@](C)(O)C1. The lowest BCUT2D eigenvalue weighted by molar-refractivity contribution is -0.122. The topological polar surface area (TPSA) is 92.5 Å². The number of hydrogen-bond donors (Lipinski definition) is 2. The van der Waals surface area contributed by atoms with Gasteiger partial charge < -0.3 is 19.7 Å². The van der Waals surface area contributed by atoms with Crippen molar-refractivity contribution >= 4 is 34.4 Å². The molecule has 1 saturated heterocycles. The van der Waals surface area contributed by atoms with Crippen LogP contribution in [0, 0.1) is 6.92 Å². The van der Waals surface area contributed by atoms with Crippen molar-refractivity contribution in [3.05, 3.63) is 46.9 Å². The van der Waals surface area contributed by atoms with Gasteiger partial charge in [0.2, 0.25) is 5.91 Å². The molecule has 8 nitrogen and oxygen atoms in total. The molecule has 2 N–H and O–H groups in total. The van der Waals surface area contributed by atoms with Gasteiger partial charge in [0.1, 0.15) is 23.7 Å². The van der Waals surface area contributed by atoms with E-state index in [0.29, 0.717) is 17.4 Å². The lowest BCUT2D eigenvalue weighted by Crippen LogP contribution is -2.47. The number of aryl methyl sites for hydroxylation is 1. The van der Waals surface area contributed by atoms with Crippen molar-refractivity contribution in [1.29, 1.82) is 0 Å². The van der Waals surface area contributed by atoms with Crippen molar-refractivity contribution in [2.75, 3.05) is 31.6 Å². The van der Waals surface area contributed by atoms with Gasteiger partial charge in [-0.25, -0.2) is 9.97 Å². The van der Waals surface area contributed by atoms with Crippen molar-refractivity contribution in [2.24, 2.45) is 0 Å². The molecule has 1 aromatic carbocycles. The lowest BCUT2D eigenvalue weighted by Gasteiger charge is -2.42. The van der Waals surface area contributed by atoms with E-state index in [1.165, 1.54) is 0 Å². The van der Waals surface area contributed by atoms with Crippen LogP contribution in [0.1, 0.15) is 50.0 Å². The van der Waals surface area contributed by atoms with E-state index in [1.54, 1.807) is 6.20 Å². The van der Waals surface area contributed by atoms with Crippen molar-refractivity contribution < 1.29 is 14.6 Å². The molecule has 6 rings (SSSR count). The van der Waals surface area contributed by atoms with E-state index in [0.717, 1.165) is 73.6 Å². The molecule has 0 unspecified atom stereocenters. The number of ether oxygens (including phenoxy) is 1. The number of aromatic nitrogens is 3. The number of carbonyl (C=O) groups excluding carboxylic acids is 1. The highest BCUT2D eigenvalue weighted by Crippen LogP contribution is 2.46. The molecular formula is C26H30ClN5O3. The summed E-state index contributed by atoms with van der Waals surface area (Å²) in [7, 11) is 0. The Morgan fingerprint density at radius 3 is 2.77 bits per heavy atom. The van der Waals surface area contributed by atoms with Crippen LogP contribution in [0.2, 0.25) is 5.02 Å². The quantitative estimate of drug-likeness (QED) is 0.558. The maximum absolute atomic E-state index is 12.8. The van der Waals surface area contributed by atoms with Crippen LogP contribution < -0.4 is 10.1 Å². The van der Waals surface area contributed by atoms with Crippen molar-refractivity contribution in [3.63, 3.8) is 0 Å². The third-order valence-corrected chi connectivity index (χ3v) is 8.20. The second-order valence-electron chi connectivity index (χ2n) is 10.5. The first-order valence-corrected chi connectivity index (χ1v) is 12.7. The summed E-state index contributed by atoms with van der Waals surface area (Å²) in [6.45, 7) is 6.83. The van der Waals surface area contributed by atoms with Crippen LogP contribution >= 0.6 is 11.6 Å². The fourth-order valence-electron chi connectivity index (χ4n) is 6.06. The normalized spacial score (nSPS) is 25.5. The molecule has 3 aliphatic rings. The maximum Gasteiger partial charge on any atom is 0.235 e. The minimum absolute atomic E-state index is 0.0882. The number of amides is 1. The minimum atomic E-state index is -0.594. The summed E-state index contributed by atoms with van der Waals surface area (Å²) >= 11 is 6.23. The van der Waals surface area contributed by atoms with Gasteiger partial charge in [0.25, 0.3) is 0 Å². The van der Waals surface area contributed by atoms with Gasteiger partial charge in [-0.3, -0.25) is 9.69 Å². The number of aliphatic hydroxyl groups is 1. The number of carbonyl (C=O) groups is 1. The number of fused-ring (bicyclic) bond motifs is 3. The van der Waals surface area contributed by atoms with E-state index in [-0.39, 0.29) is 11.9 Å². The Bertz CT molecular complexity index is 1300. The Balaban J connectivity index is 1.06. The highest BCUT2D eigenvalue weighted by Gasteiger charge is 2.48. The average Bonchev–Trinajstić information content (AvgIpc) is 3.26. The molecule has 9 heteroatoms. The first-order chi connectivity index (χ1) is 16.7. The van der Waals surface area contributed by atoms with Crippen molar-refractivity contribution in [3.8, 4) is 5.75 Å². The van der Waals surface area contributed by atoms with Gasteiger partial charge in [-0.15, -0.1) is 0 Å². The molecule has 1 saturated carbocycles. The molecule has 0 radical (unpaired) electrons. The number of hydrogen-bond acceptors (Lipinski definition) is 6. The van der Waals surface area contributed by atoms with Crippen LogP contribution in [0.25, 0.3) is 11.2 Å². The van der Waals surface area contributed by atoms with Crippen LogP contribution in [-0.4, -0.2) is 62.3 Å². The van der Waals surface area contributed by atoms with Gasteiger partial charge in [-0.2, -0.15) is 0 Å². The van der Waals surface area contributed by atoms with Gasteiger partial charge >= 0.3 is 0 Å². The van der Waals surface area contributed by atoms with E-state index in [2.05, 4.69) is 24.8 Å². The van der Waals surface area contributed by atoms with Gasteiger partial charge in [0.05, 0.1) is 17.2 Å². The predicted octanol–water partition coefficient (Wildman–Crippen LogP) is 3.84. The Labute approximate surface area is 209 Å². The molecule has 2 aromatic heterocycles. The summed E-state index contributed by atoms with van der Waals surface area (Å²) in [5, 5.41) is 13.8. The molecule has 35 heavy (non-hydrogen) atoms. The Hall–Kier alpha value is -2.68. The number of benzene rings is 1. The third kappa shape index (κ3) is 3.88. The highest BCUT2D eigenvalue weighted by molar-refractivity contribution is 6.31. The average molecular weight is 496 g/mol. The predicted molar refractivity (Wildman–Crippen MR) is 134 cm³/mol. The number of nitrogens with one attached hydrogen (secondary N) is 1. The summed E-state index contributed by atoms with van der Waals surface area (Å²) < 4.78 is 8.15. The smallest absolute Gasteiger partial charge is 0.235 e. The number of rotatable bonds is 5. The zero-order chi connectivity index (χ0) is 24.4. The van der Waals surface area contributed by atoms with Crippen LogP contribution in [0.5, 0.6) is 5.75 Å². The molecule has 184 valence electrons. The Kier molecular flexibility index (Phi) is 5.32. The number of imidazole rings is 1. The molecule has 1 aliphatic carbocycles. The summed E-state index contributed by atoms with van der Waals surface area (Å²) in [4.78, 5) is 24.5. The number of piperidine rings is 1. The first-order valence-electron chi connectivity index (χ1n) is 12.3. The Morgan fingerprint density at radius 1 is 1.26 bits per heavy atom. The zero-order valence-corrected chi connectivity index (χ0v) is 20.8. The summed E-state index contributed by atoms with van der Waals surface area (Å²) in [5.74, 6) is 1.70. The number of likely N-dealkylation sites (tertiary alicyclic amines) is 1. The molecular weight excluding hydrogens is 466 g/mol. The molecule has 0 bridgehead atoms. The molecule has 2 aliphatic heterocycles. The molecule has 1 amide bonds. The molecule has 1 spiro atoms.